The van der Waals surface area contributed by atoms with Gasteiger partial charge in [-0.1, -0.05) is 18.7 Å². The highest BCUT2D eigenvalue weighted by Gasteiger charge is 2.17. The number of carbonyl (C=O) groups is 2. The Hall–Kier alpha value is -2.30. The van der Waals surface area contributed by atoms with Gasteiger partial charge in [0.1, 0.15) is 12.4 Å². The lowest BCUT2D eigenvalue weighted by Gasteiger charge is -2.10. The fourth-order valence-corrected chi connectivity index (χ4v) is 1.26. The Labute approximate surface area is 92.7 Å². The highest BCUT2D eigenvalue weighted by Crippen LogP contribution is 2.21. The van der Waals surface area contributed by atoms with Crippen LogP contribution in [0.15, 0.2) is 30.9 Å². The zero-order chi connectivity index (χ0) is 12.1. The largest absolute Gasteiger partial charge is 0.489 e. The maximum Gasteiger partial charge on any atom is 0.253 e. The van der Waals surface area contributed by atoms with Crippen molar-refractivity contribution in [2.24, 2.45) is 11.5 Å². The molecule has 0 saturated heterocycles. The van der Waals surface area contributed by atoms with Gasteiger partial charge in [-0.05, 0) is 12.1 Å². The van der Waals surface area contributed by atoms with Crippen molar-refractivity contribution in [1.82, 2.24) is 0 Å². The molecule has 0 aliphatic carbocycles. The van der Waals surface area contributed by atoms with Crippen LogP contribution < -0.4 is 16.2 Å². The third-order valence-electron chi connectivity index (χ3n) is 1.89. The van der Waals surface area contributed by atoms with E-state index in [1.807, 2.05) is 0 Å². The number of benzene rings is 1. The quantitative estimate of drug-likeness (QED) is 0.705. The maximum atomic E-state index is 11.2. The Morgan fingerprint density at radius 2 is 2.00 bits per heavy atom. The lowest BCUT2D eigenvalue weighted by Crippen LogP contribution is -2.21. The van der Waals surface area contributed by atoms with Crippen LogP contribution in [0.25, 0.3) is 0 Å². The van der Waals surface area contributed by atoms with Crippen LogP contribution in [0, 0.1) is 0 Å². The van der Waals surface area contributed by atoms with Crippen LogP contribution in [0.1, 0.15) is 20.7 Å². The second kappa shape index (κ2) is 4.97. The van der Waals surface area contributed by atoms with Gasteiger partial charge in [0.2, 0.25) is 5.91 Å². The Balaban J connectivity index is 3.26. The molecule has 0 bridgehead atoms. The number of carbonyl (C=O) groups excluding carboxylic acids is 2. The molecule has 0 saturated carbocycles. The summed E-state index contributed by atoms with van der Waals surface area (Å²) < 4.78 is 5.21. The molecule has 0 atom stereocenters. The third kappa shape index (κ3) is 2.38. The van der Waals surface area contributed by atoms with E-state index < -0.39 is 11.8 Å². The number of nitrogens with two attached hydrogens (primary N) is 2. The van der Waals surface area contributed by atoms with E-state index in [0.29, 0.717) is 0 Å². The van der Waals surface area contributed by atoms with Crippen LogP contribution in [0.2, 0.25) is 0 Å². The monoisotopic (exact) mass is 220 g/mol. The predicted octanol–water partition coefficient (Wildman–Crippen LogP) is 0.449. The van der Waals surface area contributed by atoms with Crippen LogP contribution in [0.4, 0.5) is 0 Å². The van der Waals surface area contributed by atoms with Gasteiger partial charge in [-0.2, -0.15) is 0 Å². The molecule has 4 N–H and O–H groups in total. The smallest absolute Gasteiger partial charge is 0.253 e. The number of amides is 2. The van der Waals surface area contributed by atoms with Crippen LogP contribution in [-0.4, -0.2) is 18.4 Å². The molecule has 16 heavy (non-hydrogen) atoms. The first-order valence-corrected chi connectivity index (χ1v) is 4.54. The summed E-state index contributed by atoms with van der Waals surface area (Å²) in [5.74, 6) is -1.25. The summed E-state index contributed by atoms with van der Waals surface area (Å²) in [6.07, 6.45) is 1.52. The van der Waals surface area contributed by atoms with Crippen molar-refractivity contribution in [3.05, 3.63) is 42.0 Å². The Bertz CT molecular complexity index is 441. The van der Waals surface area contributed by atoms with E-state index in [1.165, 1.54) is 18.2 Å². The van der Waals surface area contributed by atoms with E-state index >= 15 is 0 Å². The molecule has 0 aliphatic heterocycles. The second-order valence-electron chi connectivity index (χ2n) is 3.01. The molecule has 5 heteroatoms. The molecule has 0 spiro atoms. The van der Waals surface area contributed by atoms with E-state index in [4.69, 9.17) is 16.2 Å². The molecular weight excluding hydrogens is 208 g/mol. The average Bonchev–Trinajstić information content (AvgIpc) is 2.25. The number of ether oxygens (including phenoxy) is 1. The van der Waals surface area contributed by atoms with Crippen LogP contribution in [-0.2, 0) is 0 Å². The van der Waals surface area contributed by atoms with Gasteiger partial charge in [-0.3, -0.25) is 9.59 Å². The molecule has 0 aliphatic rings. The van der Waals surface area contributed by atoms with E-state index in [-0.39, 0.29) is 23.5 Å². The van der Waals surface area contributed by atoms with Crippen molar-refractivity contribution in [3.8, 4) is 5.75 Å². The van der Waals surface area contributed by atoms with E-state index in [0.717, 1.165) is 0 Å². The number of hydrogen-bond donors (Lipinski definition) is 2. The maximum absolute atomic E-state index is 11.2. The molecule has 1 aromatic carbocycles. The lowest BCUT2D eigenvalue weighted by atomic mass is 10.1. The molecule has 2 amide bonds. The number of rotatable bonds is 5. The second-order valence-corrected chi connectivity index (χ2v) is 3.01. The Morgan fingerprint density at radius 1 is 1.31 bits per heavy atom. The van der Waals surface area contributed by atoms with E-state index in [2.05, 4.69) is 6.58 Å². The van der Waals surface area contributed by atoms with Gasteiger partial charge >= 0.3 is 0 Å². The van der Waals surface area contributed by atoms with Gasteiger partial charge in [0.25, 0.3) is 5.91 Å². The molecule has 5 nitrogen and oxygen atoms in total. The highest BCUT2D eigenvalue weighted by molar-refractivity contribution is 6.07. The fraction of sp³-hybridized carbons (Fsp3) is 0.0909. The van der Waals surface area contributed by atoms with Crippen molar-refractivity contribution in [3.63, 3.8) is 0 Å². The fourth-order valence-electron chi connectivity index (χ4n) is 1.26. The van der Waals surface area contributed by atoms with Crippen LogP contribution in [0.3, 0.4) is 0 Å². The van der Waals surface area contributed by atoms with Crippen molar-refractivity contribution >= 4 is 11.8 Å². The first-order chi connectivity index (χ1) is 7.57. The third-order valence-corrected chi connectivity index (χ3v) is 1.89. The topological polar surface area (TPSA) is 95.4 Å². The molecule has 84 valence electrons. The molecule has 0 fully saturated rings. The normalized spacial score (nSPS) is 9.50. The summed E-state index contributed by atoms with van der Waals surface area (Å²) in [6.45, 7) is 3.69. The van der Waals surface area contributed by atoms with Crippen molar-refractivity contribution in [2.45, 2.75) is 0 Å². The molecule has 1 aromatic rings. The molecular formula is C11H12N2O3. The van der Waals surface area contributed by atoms with Crippen molar-refractivity contribution in [1.29, 1.82) is 0 Å². The summed E-state index contributed by atoms with van der Waals surface area (Å²) in [5.41, 5.74) is 10.3. The zero-order valence-electron chi connectivity index (χ0n) is 8.60. The summed E-state index contributed by atoms with van der Waals surface area (Å²) in [4.78, 5) is 22.3. The van der Waals surface area contributed by atoms with Gasteiger partial charge in [0.05, 0.1) is 11.1 Å². The highest BCUT2D eigenvalue weighted by atomic mass is 16.5. The molecule has 0 aromatic heterocycles. The van der Waals surface area contributed by atoms with Gasteiger partial charge < -0.3 is 16.2 Å². The predicted molar refractivity (Wildman–Crippen MR) is 59.2 cm³/mol. The zero-order valence-corrected chi connectivity index (χ0v) is 8.60. The molecule has 1 rings (SSSR count). The van der Waals surface area contributed by atoms with Gasteiger partial charge in [0, 0.05) is 0 Å². The van der Waals surface area contributed by atoms with Crippen molar-refractivity contribution < 1.29 is 14.3 Å². The van der Waals surface area contributed by atoms with E-state index in [9.17, 15) is 9.59 Å². The van der Waals surface area contributed by atoms with Crippen LogP contribution >= 0.6 is 0 Å². The molecule has 0 heterocycles. The Morgan fingerprint density at radius 3 is 2.50 bits per heavy atom. The van der Waals surface area contributed by atoms with Crippen molar-refractivity contribution in [2.75, 3.05) is 6.61 Å². The minimum absolute atomic E-state index is 0.00292. The first-order valence-electron chi connectivity index (χ1n) is 4.54. The molecule has 0 radical (unpaired) electrons. The Kier molecular flexibility index (Phi) is 3.66. The molecule has 0 unspecified atom stereocenters. The summed E-state index contributed by atoms with van der Waals surface area (Å²) in [5, 5.41) is 0. The number of hydrogen-bond acceptors (Lipinski definition) is 3. The minimum atomic E-state index is -0.756. The summed E-state index contributed by atoms with van der Waals surface area (Å²) >= 11 is 0. The van der Waals surface area contributed by atoms with E-state index in [1.54, 1.807) is 6.07 Å². The number of primary amides is 2. The summed E-state index contributed by atoms with van der Waals surface area (Å²) in [6, 6.07) is 4.52. The summed E-state index contributed by atoms with van der Waals surface area (Å²) in [7, 11) is 0. The van der Waals surface area contributed by atoms with Gasteiger partial charge in [-0.25, -0.2) is 0 Å². The standard InChI is InChI=1S/C11H12N2O3/c1-2-6-16-8-5-3-4-7(10(12)14)9(8)11(13)15/h2-5H,1,6H2,(H2,12,14)(H2,13,15). The average molecular weight is 220 g/mol. The lowest BCUT2D eigenvalue weighted by molar-refractivity contribution is 0.0964. The minimum Gasteiger partial charge on any atom is -0.489 e. The van der Waals surface area contributed by atoms with Gasteiger partial charge in [-0.15, -0.1) is 0 Å². The van der Waals surface area contributed by atoms with Crippen LogP contribution in [0.5, 0.6) is 5.75 Å². The first kappa shape index (κ1) is 11.8. The van der Waals surface area contributed by atoms with Gasteiger partial charge in [0.15, 0.2) is 0 Å². The SMILES string of the molecule is C=CCOc1cccc(C(N)=O)c1C(N)=O.